The summed E-state index contributed by atoms with van der Waals surface area (Å²) in [5.41, 5.74) is 6.24. The molecule has 0 aliphatic carbocycles. The van der Waals surface area contributed by atoms with Crippen LogP contribution in [0.15, 0.2) is 48.8 Å². The second-order valence-corrected chi connectivity index (χ2v) is 9.72. The smallest absolute Gasteiger partial charge is 0.384 e. The van der Waals surface area contributed by atoms with Crippen LogP contribution in [0.4, 0.5) is 41.0 Å². The van der Waals surface area contributed by atoms with E-state index in [1.54, 1.807) is 19.1 Å². The summed E-state index contributed by atoms with van der Waals surface area (Å²) in [5.74, 6) is -0.221. The maximum absolute atomic E-state index is 13.9. The lowest BCUT2D eigenvalue weighted by Crippen LogP contribution is -2.44. The number of carbonyl (C=O) groups excluding carboxylic acids is 2. The van der Waals surface area contributed by atoms with Gasteiger partial charge in [0.05, 0.1) is 5.56 Å². The van der Waals surface area contributed by atoms with Crippen molar-refractivity contribution in [3.05, 3.63) is 71.0 Å². The number of nitrogens with one attached hydrogen (secondary N) is 2. The minimum atomic E-state index is -4.61. The van der Waals surface area contributed by atoms with Crippen molar-refractivity contribution in [2.24, 2.45) is 0 Å². The van der Waals surface area contributed by atoms with Crippen LogP contribution in [-0.2, 0) is 12.7 Å². The van der Waals surface area contributed by atoms with Crippen LogP contribution < -0.4 is 21.3 Å². The zero-order valence-corrected chi connectivity index (χ0v) is 22.4. The average Bonchev–Trinajstić information content (AvgIpc) is 2.91. The standard InChI is InChI=1S/C27H31F3N8O2/c1-17-4-7-20(13-22(17)35-26(40)37(3)24-14-23(31)32-16-33-24)34-25(39)18-5-6-19(21(12-18)27(28,29)30)15-38-10-8-36(2)9-11-38/h4-7,12-14,16H,8-11,15H2,1-3H3,(H,34,39)(H,35,40)(H2,31,32,33). The molecule has 2 heterocycles. The summed E-state index contributed by atoms with van der Waals surface area (Å²) >= 11 is 0. The number of carbonyl (C=O) groups is 2. The number of nitrogens with two attached hydrogens (primary N) is 1. The molecule has 0 saturated carbocycles. The Morgan fingerprint density at radius 3 is 2.42 bits per heavy atom. The molecule has 1 aliphatic heterocycles. The molecule has 1 aromatic heterocycles. The van der Waals surface area contributed by atoms with Gasteiger partial charge in [-0.1, -0.05) is 12.1 Å². The number of aryl methyl sites for hydroxylation is 1. The van der Waals surface area contributed by atoms with Gasteiger partial charge in [-0.3, -0.25) is 14.6 Å². The molecule has 1 aliphatic rings. The number of likely N-dealkylation sites (N-methyl/N-ethyl adjacent to an activating group) is 1. The third kappa shape index (κ3) is 7.04. The molecule has 1 saturated heterocycles. The largest absolute Gasteiger partial charge is 0.416 e. The van der Waals surface area contributed by atoms with Gasteiger partial charge >= 0.3 is 12.2 Å². The first-order valence-electron chi connectivity index (χ1n) is 12.6. The average molecular weight is 557 g/mol. The second-order valence-electron chi connectivity index (χ2n) is 9.72. The van der Waals surface area contributed by atoms with Gasteiger partial charge in [0.25, 0.3) is 5.91 Å². The van der Waals surface area contributed by atoms with Crippen LogP contribution in [0.3, 0.4) is 0 Å². The summed E-state index contributed by atoms with van der Waals surface area (Å²) in [6, 6.07) is 9.38. The molecule has 0 bridgehead atoms. The topological polar surface area (TPSA) is 120 Å². The zero-order chi connectivity index (χ0) is 29.0. The van der Waals surface area contributed by atoms with Crippen LogP contribution in [0.2, 0.25) is 0 Å². The van der Waals surface area contributed by atoms with Crippen molar-refractivity contribution in [1.29, 1.82) is 0 Å². The van der Waals surface area contributed by atoms with Crippen molar-refractivity contribution in [2.75, 3.05) is 61.5 Å². The number of benzene rings is 2. The monoisotopic (exact) mass is 556 g/mol. The molecule has 40 heavy (non-hydrogen) atoms. The van der Waals surface area contributed by atoms with Gasteiger partial charge in [0, 0.05) is 62.8 Å². The molecule has 3 amide bonds. The van der Waals surface area contributed by atoms with Crippen molar-refractivity contribution in [3.63, 3.8) is 0 Å². The molecule has 13 heteroatoms. The molecule has 0 unspecified atom stereocenters. The lowest BCUT2D eigenvalue weighted by Gasteiger charge is -2.33. The number of halogens is 3. The van der Waals surface area contributed by atoms with E-state index in [9.17, 15) is 22.8 Å². The number of aromatic nitrogens is 2. The highest BCUT2D eigenvalue weighted by atomic mass is 19.4. The van der Waals surface area contributed by atoms with Gasteiger partial charge in [-0.2, -0.15) is 13.2 Å². The molecule has 10 nitrogen and oxygen atoms in total. The zero-order valence-electron chi connectivity index (χ0n) is 22.4. The van der Waals surface area contributed by atoms with Crippen LogP contribution >= 0.6 is 0 Å². The highest BCUT2D eigenvalue weighted by molar-refractivity contribution is 6.05. The number of amides is 3. The number of urea groups is 1. The Morgan fingerprint density at radius 2 is 1.75 bits per heavy atom. The van der Waals surface area contributed by atoms with E-state index in [4.69, 9.17) is 5.73 Å². The third-order valence-electron chi connectivity index (χ3n) is 6.73. The highest BCUT2D eigenvalue weighted by Gasteiger charge is 2.34. The fourth-order valence-electron chi connectivity index (χ4n) is 4.25. The lowest BCUT2D eigenvalue weighted by atomic mass is 10.0. The van der Waals surface area contributed by atoms with Gasteiger partial charge < -0.3 is 21.3 Å². The molecule has 1 fully saturated rings. The molecule has 4 N–H and O–H groups in total. The molecule has 2 aromatic carbocycles. The molecule has 0 radical (unpaired) electrons. The third-order valence-corrected chi connectivity index (χ3v) is 6.73. The Balaban J connectivity index is 1.48. The Labute approximate surface area is 230 Å². The summed E-state index contributed by atoms with van der Waals surface area (Å²) in [6.07, 6.45) is -3.38. The summed E-state index contributed by atoms with van der Waals surface area (Å²) in [7, 11) is 3.48. The molecule has 0 spiro atoms. The maximum Gasteiger partial charge on any atom is 0.416 e. The van der Waals surface area contributed by atoms with Crippen molar-refractivity contribution in [2.45, 2.75) is 19.6 Å². The fraction of sp³-hybridized carbons (Fsp3) is 0.333. The van der Waals surface area contributed by atoms with Crippen molar-refractivity contribution < 1.29 is 22.8 Å². The normalized spacial score (nSPS) is 14.6. The first kappa shape index (κ1) is 28.8. The van der Waals surface area contributed by atoms with Gasteiger partial charge in [-0.05, 0) is 49.4 Å². The van der Waals surface area contributed by atoms with Gasteiger partial charge in [-0.25, -0.2) is 14.8 Å². The highest BCUT2D eigenvalue weighted by Crippen LogP contribution is 2.34. The van der Waals surface area contributed by atoms with E-state index >= 15 is 0 Å². The quantitative estimate of drug-likeness (QED) is 0.419. The minimum Gasteiger partial charge on any atom is -0.384 e. The van der Waals surface area contributed by atoms with Crippen LogP contribution in [0.5, 0.6) is 0 Å². The van der Waals surface area contributed by atoms with E-state index in [-0.39, 0.29) is 29.3 Å². The Kier molecular flexibility index (Phi) is 8.55. The lowest BCUT2D eigenvalue weighted by molar-refractivity contribution is -0.138. The summed E-state index contributed by atoms with van der Waals surface area (Å²) in [5, 5.41) is 5.36. The van der Waals surface area contributed by atoms with Gasteiger partial charge in [-0.15, -0.1) is 0 Å². The van der Waals surface area contributed by atoms with Gasteiger partial charge in [0.15, 0.2) is 0 Å². The van der Waals surface area contributed by atoms with E-state index < -0.39 is 23.7 Å². The van der Waals surface area contributed by atoms with Crippen molar-refractivity contribution in [3.8, 4) is 0 Å². The Morgan fingerprint density at radius 1 is 1.02 bits per heavy atom. The number of nitrogens with zero attached hydrogens (tertiary/aromatic N) is 5. The predicted octanol–water partition coefficient (Wildman–Crippen LogP) is 4.05. The maximum atomic E-state index is 13.9. The van der Waals surface area contributed by atoms with E-state index in [0.717, 1.165) is 19.2 Å². The molecular weight excluding hydrogens is 525 g/mol. The summed E-state index contributed by atoms with van der Waals surface area (Å²) in [4.78, 5) is 38.9. The molecule has 4 rings (SSSR count). The van der Waals surface area contributed by atoms with Crippen molar-refractivity contribution in [1.82, 2.24) is 19.8 Å². The Bertz CT molecular complexity index is 1390. The fourth-order valence-corrected chi connectivity index (χ4v) is 4.25. The van der Waals surface area contributed by atoms with Crippen molar-refractivity contribution >= 4 is 34.9 Å². The summed E-state index contributed by atoms with van der Waals surface area (Å²) < 4.78 is 41.8. The van der Waals surface area contributed by atoms with Crippen LogP contribution in [0.1, 0.15) is 27.0 Å². The van der Waals surface area contributed by atoms with E-state index in [0.29, 0.717) is 30.0 Å². The number of rotatable bonds is 6. The van der Waals surface area contributed by atoms with Crippen LogP contribution in [0, 0.1) is 6.92 Å². The number of hydrogen-bond donors (Lipinski definition) is 3. The molecule has 212 valence electrons. The second kappa shape index (κ2) is 11.9. The number of alkyl halides is 3. The van der Waals surface area contributed by atoms with Crippen LogP contribution in [0.25, 0.3) is 0 Å². The summed E-state index contributed by atoms with van der Waals surface area (Å²) in [6.45, 7) is 4.83. The molecule has 3 aromatic rings. The number of anilines is 4. The number of hydrogen-bond acceptors (Lipinski definition) is 7. The number of nitrogen functional groups attached to an aromatic ring is 1. The Hall–Kier alpha value is -4.23. The van der Waals surface area contributed by atoms with Crippen LogP contribution in [-0.4, -0.2) is 72.0 Å². The van der Waals surface area contributed by atoms with E-state index in [2.05, 4.69) is 25.5 Å². The van der Waals surface area contributed by atoms with Gasteiger partial charge in [0.2, 0.25) is 0 Å². The predicted molar refractivity (Wildman–Crippen MR) is 147 cm³/mol. The first-order chi connectivity index (χ1) is 18.9. The molecule has 0 atom stereocenters. The molecular formula is C27H31F3N8O2. The van der Waals surface area contributed by atoms with Gasteiger partial charge in [0.1, 0.15) is 18.0 Å². The van der Waals surface area contributed by atoms with E-state index in [1.807, 2.05) is 11.9 Å². The van der Waals surface area contributed by atoms with E-state index in [1.165, 1.54) is 42.5 Å². The first-order valence-corrected chi connectivity index (χ1v) is 12.6. The number of piperazine rings is 1. The minimum absolute atomic E-state index is 0.123. The SMILES string of the molecule is Cc1ccc(NC(=O)c2ccc(CN3CCN(C)CC3)c(C(F)(F)F)c2)cc1NC(=O)N(C)c1cc(N)ncn1.